The van der Waals surface area contributed by atoms with Gasteiger partial charge in [-0.15, -0.1) is 0 Å². The first-order valence-corrected chi connectivity index (χ1v) is 6.70. The molecule has 1 aliphatic carbocycles. The molecule has 0 aromatic heterocycles. The molecular weight excluding hydrogens is 248 g/mol. The minimum absolute atomic E-state index is 0.0475. The lowest BCUT2D eigenvalue weighted by atomic mass is 9.92. The Bertz CT molecular complexity index is 431. The van der Waals surface area contributed by atoms with Crippen molar-refractivity contribution < 1.29 is 19.1 Å². The van der Waals surface area contributed by atoms with Gasteiger partial charge in [0, 0.05) is 25.9 Å². The molecule has 19 heavy (non-hydrogen) atoms. The standard InChI is InChI=1S/C13H18N2O4/c1-13(2)18-11(16)9(12(17)19-13)10-14-7-5-3-4-6-8(7)15-10/h7-8,14-15H,3-6H2,1-2H3/t7-,8-/m1/s1. The average molecular weight is 266 g/mol. The molecule has 2 heterocycles. The van der Waals surface area contributed by atoms with E-state index in [2.05, 4.69) is 10.6 Å². The zero-order chi connectivity index (χ0) is 13.6. The summed E-state index contributed by atoms with van der Waals surface area (Å²) in [4.78, 5) is 23.9. The zero-order valence-corrected chi connectivity index (χ0v) is 11.1. The van der Waals surface area contributed by atoms with Gasteiger partial charge in [0.25, 0.3) is 5.79 Å². The predicted molar refractivity (Wildman–Crippen MR) is 65.6 cm³/mol. The lowest BCUT2D eigenvalue weighted by Crippen LogP contribution is -2.43. The highest BCUT2D eigenvalue weighted by Crippen LogP contribution is 2.28. The van der Waals surface area contributed by atoms with E-state index in [1.807, 2.05) is 0 Å². The van der Waals surface area contributed by atoms with Crippen LogP contribution in [0.5, 0.6) is 0 Å². The summed E-state index contributed by atoms with van der Waals surface area (Å²) >= 11 is 0. The summed E-state index contributed by atoms with van der Waals surface area (Å²) in [6, 6.07) is 0.568. The van der Waals surface area contributed by atoms with E-state index in [0.29, 0.717) is 5.82 Å². The largest absolute Gasteiger partial charge is 0.419 e. The molecule has 0 spiro atoms. The molecule has 2 N–H and O–H groups in total. The highest BCUT2D eigenvalue weighted by Gasteiger charge is 2.44. The van der Waals surface area contributed by atoms with Crippen molar-refractivity contribution in [3.63, 3.8) is 0 Å². The zero-order valence-electron chi connectivity index (χ0n) is 11.1. The van der Waals surface area contributed by atoms with Gasteiger partial charge in [-0.2, -0.15) is 0 Å². The fraction of sp³-hybridized carbons (Fsp3) is 0.692. The van der Waals surface area contributed by atoms with Gasteiger partial charge in [0.15, 0.2) is 5.57 Å². The normalized spacial score (nSPS) is 32.9. The molecule has 6 heteroatoms. The van der Waals surface area contributed by atoms with Crippen LogP contribution < -0.4 is 10.6 Å². The van der Waals surface area contributed by atoms with Crippen LogP contribution in [0.2, 0.25) is 0 Å². The van der Waals surface area contributed by atoms with Gasteiger partial charge in [0.1, 0.15) is 5.82 Å². The van der Waals surface area contributed by atoms with E-state index in [1.165, 1.54) is 12.8 Å². The fourth-order valence-corrected chi connectivity index (χ4v) is 2.89. The summed E-state index contributed by atoms with van der Waals surface area (Å²) in [6.45, 7) is 3.08. The molecular formula is C13H18N2O4. The monoisotopic (exact) mass is 266 g/mol. The number of fused-ring (bicyclic) bond motifs is 1. The Balaban J connectivity index is 1.87. The van der Waals surface area contributed by atoms with Crippen LogP contribution in [0, 0.1) is 0 Å². The molecule has 6 nitrogen and oxygen atoms in total. The summed E-state index contributed by atoms with van der Waals surface area (Å²) in [6.07, 6.45) is 4.43. The van der Waals surface area contributed by atoms with Crippen molar-refractivity contribution in [1.29, 1.82) is 0 Å². The van der Waals surface area contributed by atoms with Crippen molar-refractivity contribution in [1.82, 2.24) is 10.6 Å². The van der Waals surface area contributed by atoms with Crippen LogP contribution in [0.15, 0.2) is 11.4 Å². The van der Waals surface area contributed by atoms with Gasteiger partial charge in [-0.25, -0.2) is 9.59 Å². The summed E-state index contributed by atoms with van der Waals surface area (Å²) in [5, 5.41) is 6.44. The van der Waals surface area contributed by atoms with E-state index >= 15 is 0 Å². The van der Waals surface area contributed by atoms with Crippen molar-refractivity contribution in [2.24, 2.45) is 0 Å². The van der Waals surface area contributed by atoms with Crippen molar-refractivity contribution in [3.8, 4) is 0 Å². The quantitative estimate of drug-likeness (QED) is 0.378. The number of esters is 2. The third-order valence-electron chi connectivity index (χ3n) is 3.76. The third kappa shape index (κ3) is 2.15. The van der Waals surface area contributed by atoms with Gasteiger partial charge >= 0.3 is 11.9 Å². The molecule has 2 saturated heterocycles. The summed E-state index contributed by atoms with van der Waals surface area (Å²) in [7, 11) is 0. The van der Waals surface area contributed by atoms with Gasteiger partial charge in [0.2, 0.25) is 0 Å². The predicted octanol–water partition coefficient (Wildman–Crippen LogP) is 0.538. The molecule has 0 unspecified atom stereocenters. The minimum atomic E-state index is -1.19. The maximum atomic E-state index is 12.0. The average Bonchev–Trinajstić information content (AvgIpc) is 2.68. The first kappa shape index (κ1) is 12.3. The second-order valence-electron chi connectivity index (χ2n) is 5.71. The number of rotatable bonds is 0. The maximum absolute atomic E-state index is 12.0. The van der Waals surface area contributed by atoms with E-state index in [-0.39, 0.29) is 17.7 Å². The number of nitrogens with one attached hydrogen (secondary N) is 2. The lowest BCUT2D eigenvalue weighted by Gasteiger charge is -2.30. The van der Waals surface area contributed by atoms with Crippen LogP contribution in [0.1, 0.15) is 39.5 Å². The van der Waals surface area contributed by atoms with Crippen LogP contribution >= 0.6 is 0 Å². The Kier molecular flexibility index (Phi) is 2.69. The van der Waals surface area contributed by atoms with Crippen LogP contribution in [0.25, 0.3) is 0 Å². The lowest BCUT2D eigenvalue weighted by molar-refractivity contribution is -0.222. The molecule has 0 amide bonds. The molecule has 0 aromatic carbocycles. The smallest absolute Gasteiger partial charge is 0.352 e. The molecule has 3 fully saturated rings. The van der Waals surface area contributed by atoms with Gasteiger partial charge in [-0.05, 0) is 12.8 Å². The molecule has 2 aliphatic heterocycles. The van der Waals surface area contributed by atoms with E-state index in [4.69, 9.17) is 9.47 Å². The van der Waals surface area contributed by atoms with Gasteiger partial charge in [0.05, 0.1) is 0 Å². The Morgan fingerprint density at radius 1 is 1.00 bits per heavy atom. The number of carbonyl (C=O) groups excluding carboxylic acids is 2. The summed E-state index contributed by atoms with van der Waals surface area (Å²) < 4.78 is 10.2. The van der Waals surface area contributed by atoms with E-state index in [1.54, 1.807) is 13.8 Å². The molecule has 3 rings (SSSR count). The minimum Gasteiger partial charge on any atom is -0.419 e. The van der Waals surface area contributed by atoms with E-state index in [0.717, 1.165) is 12.8 Å². The van der Waals surface area contributed by atoms with Crippen LogP contribution in [0.3, 0.4) is 0 Å². The third-order valence-corrected chi connectivity index (χ3v) is 3.76. The fourth-order valence-electron chi connectivity index (χ4n) is 2.89. The highest BCUT2D eigenvalue weighted by atomic mass is 16.7. The number of ether oxygens (including phenoxy) is 2. The first-order valence-electron chi connectivity index (χ1n) is 6.70. The molecule has 1 saturated carbocycles. The Morgan fingerprint density at radius 2 is 1.47 bits per heavy atom. The van der Waals surface area contributed by atoms with E-state index < -0.39 is 17.7 Å². The Hall–Kier alpha value is -1.72. The van der Waals surface area contributed by atoms with Crippen LogP contribution in [0.4, 0.5) is 0 Å². The SMILES string of the molecule is CC1(C)OC(=O)C(=C2N[C@@H]3CCCC[C@H]3N2)C(=O)O1. The molecule has 0 aromatic rings. The number of hydrogen-bond donors (Lipinski definition) is 2. The maximum Gasteiger partial charge on any atom is 0.352 e. The highest BCUT2D eigenvalue weighted by molar-refractivity contribution is 6.16. The Labute approximate surface area is 111 Å². The molecule has 0 radical (unpaired) electrons. The van der Waals surface area contributed by atoms with Crippen molar-refractivity contribution in [3.05, 3.63) is 11.4 Å². The van der Waals surface area contributed by atoms with Gasteiger partial charge in [-0.1, -0.05) is 12.8 Å². The van der Waals surface area contributed by atoms with Crippen molar-refractivity contribution in [2.75, 3.05) is 0 Å². The van der Waals surface area contributed by atoms with E-state index in [9.17, 15) is 9.59 Å². The number of carbonyl (C=O) groups is 2. The second-order valence-corrected chi connectivity index (χ2v) is 5.71. The number of cyclic esters (lactones) is 2. The topological polar surface area (TPSA) is 76.7 Å². The second kappa shape index (κ2) is 4.15. The summed E-state index contributed by atoms with van der Waals surface area (Å²) in [5.74, 6) is -1.99. The van der Waals surface area contributed by atoms with Crippen LogP contribution in [-0.2, 0) is 19.1 Å². The van der Waals surface area contributed by atoms with Crippen LogP contribution in [-0.4, -0.2) is 29.8 Å². The molecule has 0 bridgehead atoms. The number of hydrogen-bond acceptors (Lipinski definition) is 6. The molecule has 104 valence electrons. The molecule has 3 aliphatic rings. The Morgan fingerprint density at radius 3 is 1.95 bits per heavy atom. The molecule has 2 atom stereocenters. The van der Waals surface area contributed by atoms with Gasteiger partial charge in [-0.3, -0.25) is 0 Å². The van der Waals surface area contributed by atoms with Crippen molar-refractivity contribution in [2.45, 2.75) is 57.4 Å². The van der Waals surface area contributed by atoms with Crippen molar-refractivity contribution >= 4 is 11.9 Å². The summed E-state index contributed by atoms with van der Waals surface area (Å²) in [5.41, 5.74) is -0.0475. The van der Waals surface area contributed by atoms with Gasteiger partial charge < -0.3 is 20.1 Å². The first-order chi connectivity index (χ1) is 8.96.